The van der Waals surface area contributed by atoms with Crippen molar-refractivity contribution in [2.75, 3.05) is 26.5 Å². The van der Waals surface area contributed by atoms with E-state index in [9.17, 15) is 9.00 Å². The molecule has 0 aliphatic carbocycles. The van der Waals surface area contributed by atoms with Crippen LogP contribution in [-0.2, 0) is 22.1 Å². The average Bonchev–Trinajstić information content (AvgIpc) is 2.93. The third-order valence-corrected chi connectivity index (χ3v) is 4.41. The fourth-order valence-corrected chi connectivity index (χ4v) is 2.80. The fourth-order valence-electron chi connectivity index (χ4n) is 2.28. The quantitative estimate of drug-likeness (QED) is 0.911. The Morgan fingerprint density at radius 2 is 2.15 bits per heavy atom. The topological polar surface area (TPSA) is 58.6 Å². The molecule has 1 aliphatic rings. The van der Waals surface area contributed by atoms with Crippen molar-refractivity contribution >= 4 is 16.9 Å². The van der Waals surface area contributed by atoms with Crippen LogP contribution in [-0.4, -0.2) is 47.7 Å². The smallest absolute Gasteiger partial charge is 0.409 e. The maximum Gasteiger partial charge on any atom is 0.409 e. The summed E-state index contributed by atoms with van der Waals surface area (Å²) in [5.74, 6) is 0. The monoisotopic (exact) mass is 296 g/mol. The predicted octanol–water partition coefficient (Wildman–Crippen LogP) is 1.35. The lowest BCUT2D eigenvalue weighted by Gasteiger charge is -2.15. The van der Waals surface area contributed by atoms with Gasteiger partial charge in [-0.2, -0.15) is 0 Å². The minimum atomic E-state index is -0.933. The van der Waals surface area contributed by atoms with Crippen molar-refractivity contribution in [2.45, 2.75) is 23.9 Å². The Morgan fingerprint density at radius 1 is 1.45 bits per heavy atom. The second-order valence-corrected chi connectivity index (χ2v) is 6.26. The van der Waals surface area contributed by atoms with E-state index >= 15 is 0 Å². The summed E-state index contributed by atoms with van der Waals surface area (Å²) in [6, 6.07) is 8.05. The highest BCUT2D eigenvalue weighted by Crippen LogP contribution is 2.12. The SMILES string of the molecule is COC(=O)N1CC[C@H](NCc2ccc([S@@](C)=O)cc2)C1. The van der Waals surface area contributed by atoms with Crippen molar-refractivity contribution in [3.05, 3.63) is 29.8 Å². The number of methoxy groups -OCH3 is 1. The molecule has 110 valence electrons. The molecule has 2 atom stereocenters. The third kappa shape index (κ3) is 3.80. The largest absolute Gasteiger partial charge is 0.453 e. The molecule has 1 aromatic rings. The lowest BCUT2D eigenvalue weighted by Crippen LogP contribution is -2.34. The highest BCUT2D eigenvalue weighted by molar-refractivity contribution is 7.84. The van der Waals surface area contributed by atoms with Gasteiger partial charge in [-0.05, 0) is 24.1 Å². The van der Waals surface area contributed by atoms with Crippen LogP contribution in [0, 0.1) is 0 Å². The Morgan fingerprint density at radius 3 is 2.75 bits per heavy atom. The molecule has 6 heteroatoms. The van der Waals surface area contributed by atoms with E-state index < -0.39 is 10.8 Å². The summed E-state index contributed by atoms with van der Waals surface area (Å²) in [7, 11) is 0.472. The Balaban J connectivity index is 1.81. The van der Waals surface area contributed by atoms with E-state index in [1.165, 1.54) is 7.11 Å². The van der Waals surface area contributed by atoms with Crippen LogP contribution < -0.4 is 5.32 Å². The van der Waals surface area contributed by atoms with Crippen LogP contribution in [0.3, 0.4) is 0 Å². The number of nitrogens with one attached hydrogen (secondary N) is 1. The van der Waals surface area contributed by atoms with Gasteiger partial charge in [-0.15, -0.1) is 0 Å². The first-order valence-corrected chi connectivity index (χ1v) is 8.14. The molecule has 0 bridgehead atoms. The number of carbonyl (C=O) groups is 1. The van der Waals surface area contributed by atoms with Crippen LogP contribution in [0.25, 0.3) is 0 Å². The van der Waals surface area contributed by atoms with Crippen LogP contribution in [0.2, 0.25) is 0 Å². The van der Waals surface area contributed by atoms with E-state index in [1.54, 1.807) is 11.2 Å². The zero-order valence-electron chi connectivity index (χ0n) is 11.8. The van der Waals surface area contributed by atoms with Gasteiger partial charge < -0.3 is 15.0 Å². The lowest BCUT2D eigenvalue weighted by atomic mass is 10.2. The van der Waals surface area contributed by atoms with Gasteiger partial charge in [-0.1, -0.05) is 12.1 Å². The van der Waals surface area contributed by atoms with Gasteiger partial charge in [0.1, 0.15) is 0 Å². The third-order valence-electron chi connectivity index (χ3n) is 3.47. The first kappa shape index (κ1) is 15.0. The Labute approximate surface area is 121 Å². The lowest BCUT2D eigenvalue weighted by molar-refractivity contribution is 0.132. The number of amides is 1. The van der Waals surface area contributed by atoms with Gasteiger partial charge in [0.25, 0.3) is 0 Å². The van der Waals surface area contributed by atoms with E-state index in [-0.39, 0.29) is 6.09 Å². The van der Waals surface area contributed by atoms with Crippen molar-refractivity contribution in [2.24, 2.45) is 0 Å². The van der Waals surface area contributed by atoms with E-state index in [4.69, 9.17) is 4.74 Å². The van der Waals surface area contributed by atoms with Gasteiger partial charge in [0.05, 0.1) is 7.11 Å². The number of benzene rings is 1. The van der Waals surface area contributed by atoms with Crippen molar-refractivity contribution in [1.29, 1.82) is 0 Å². The Hall–Kier alpha value is -1.40. The number of carbonyl (C=O) groups excluding carboxylic acids is 1. The van der Waals surface area contributed by atoms with E-state index in [2.05, 4.69) is 5.32 Å². The van der Waals surface area contributed by atoms with Crippen molar-refractivity contribution in [1.82, 2.24) is 10.2 Å². The normalized spacial score (nSPS) is 19.9. The molecular formula is C14H20N2O3S. The van der Waals surface area contributed by atoms with E-state index in [0.29, 0.717) is 12.6 Å². The minimum Gasteiger partial charge on any atom is -0.453 e. The highest BCUT2D eigenvalue weighted by atomic mass is 32.2. The van der Waals surface area contributed by atoms with Crippen molar-refractivity contribution in [3.63, 3.8) is 0 Å². The molecule has 1 amide bonds. The van der Waals surface area contributed by atoms with Gasteiger partial charge in [-0.25, -0.2) is 4.79 Å². The molecule has 0 aromatic heterocycles. The van der Waals surface area contributed by atoms with Gasteiger partial charge in [-0.3, -0.25) is 4.21 Å². The number of hydrogen-bond donors (Lipinski definition) is 1. The highest BCUT2D eigenvalue weighted by Gasteiger charge is 2.26. The molecule has 1 N–H and O–H groups in total. The summed E-state index contributed by atoms with van der Waals surface area (Å²) in [5.41, 5.74) is 1.15. The van der Waals surface area contributed by atoms with Crippen LogP contribution in [0.5, 0.6) is 0 Å². The zero-order chi connectivity index (χ0) is 14.5. The maximum absolute atomic E-state index is 11.4. The molecular weight excluding hydrogens is 276 g/mol. The number of likely N-dealkylation sites (tertiary alicyclic amines) is 1. The van der Waals surface area contributed by atoms with Crippen molar-refractivity contribution < 1.29 is 13.7 Å². The second kappa shape index (κ2) is 6.85. The first-order chi connectivity index (χ1) is 9.60. The van der Waals surface area contributed by atoms with Crippen LogP contribution in [0.15, 0.2) is 29.2 Å². The molecule has 0 radical (unpaired) electrons. The molecule has 0 unspecified atom stereocenters. The molecule has 5 nitrogen and oxygen atoms in total. The fraction of sp³-hybridized carbons (Fsp3) is 0.500. The average molecular weight is 296 g/mol. The number of rotatable bonds is 4. The Kier molecular flexibility index (Phi) is 5.14. The molecule has 20 heavy (non-hydrogen) atoms. The first-order valence-electron chi connectivity index (χ1n) is 6.59. The van der Waals surface area contributed by atoms with Gasteiger partial charge in [0.2, 0.25) is 0 Å². The summed E-state index contributed by atoms with van der Waals surface area (Å²) >= 11 is 0. The minimum absolute atomic E-state index is 0.260. The zero-order valence-corrected chi connectivity index (χ0v) is 12.6. The van der Waals surface area contributed by atoms with Crippen LogP contribution >= 0.6 is 0 Å². The molecule has 1 aromatic carbocycles. The summed E-state index contributed by atoms with van der Waals surface area (Å²) in [4.78, 5) is 13.9. The maximum atomic E-state index is 11.4. The number of nitrogens with zero attached hydrogens (tertiary/aromatic N) is 1. The van der Waals surface area contributed by atoms with Crippen molar-refractivity contribution in [3.8, 4) is 0 Å². The molecule has 1 saturated heterocycles. The standard InChI is InChI=1S/C14H20N2O3S/c1-19-14(17)16-8-7-12(10-16)15-9-11-3-5-13(6-4-11)20(2)18/h3-6,12,15H,7-10H2,1-2H3/t12-,20+/m0/s1. The molecule has 0 spiro atoms. The molecule has 0 saturated carbocycles. The molecule has 1 aliphatic heterocycles. The predicted molar refractivity (Wildman–Crippen MR) is 78.0 cm³/mol. The van der Waals surface area contributed by atoms with E-state index in [0.717, 1.165) is 30.0 Å². The number of hydrogen-bond acceptors (Lipinski definition) is 4. The summed E-state index contributed by atoms with van der Waals surface area (Å²) in [6.07, 6.45) is 2.35. The molecule has 1 heterocycles. The van der Waals surface area contributed by atoms with Crippen LogP contribution in [0.1, 0.15) is 12.0 Å². The van der Waals surface area contributed by atoms with Gasteiger partial charge in [0, 0.05) is 47.6 Å². The van der Waals surface area contributed by atoms with Gasteiger partial charge in [0.15, 0.2) is 0 Å². The molecule has 2 rings (SSSR count). The van der Waals surface area contributed by atoms with E-state index in [1.807, 2.05) is 24.3 Å². The molecule has 1 fully saturated rings. The Bertz CT molecular complexity index is 490. The van der Waals surface area contributed by atoms with Gasteiger partial charge >= 0.3 is 6.09 Å². The second-order valence-electron chi connectivity index (χ2n) is 4.88. The summed E-state index contributed by atoms with van der Waals surface area (Å²) < 4.78 is 16.0. The summed E-state index contributed by atoms with van der Waals surface area (Å²) in [5, 5.41) is 3.43. The summed E-state index contributed by atoms with van der Waals surface area (Å²) in [6.45, 7) is 2.16. The van der Waals surface area contributed by atoms with Crippen LogP contribution in [0.4, 0.5) is 4.79 Å². The number of ether oxygens (including phenoxy) is 1.